The highest BCUT2D eigenvalue weighted by Crippen LogP contribution is 2.33. The molecule has 3 rings (SSSR count). The average molecular weight is 293 g/mol. The smallest absolute Gasteiger partial charge is 0.256 e. The summed E-state index contributed by atoms with van der Waals surface area (Å²) in [5.74, 6) is 0.627. The van der Waals surface area contributed by atoms with Crippen LogP contribution in [0.4, 0.5) is 5.69 Å². The zero-order chi connectivity index (χ0) is 14.3. The van der Waals surface area contributed by atoms with E-state index in [2.05, 4.69) is 5.10 Å². The van der Waals surface area contributed by atoms with Crippen LogP contribution in [0.2, 0.25) is 0 Å². The second-order valence-electron chi connectivity index (χ2n) is 4.81. The summed E-state index contributed by atoms with van der Waals surface area (Å²) < 4.78 is 30.5. The number of nitrogens with two attached hydrogens (primary N) is 1. The lowest BCUT2D eigenvalue weighted by atomic mass is 10.1. The van der Waals surface area contributed by atoms with Gasteiger partial charge in [0.2, 0.25) is 0 Å². The minimum atomic E-state index is -3.35. The summed E-state index contributed by atoms with van der Waals surface area (Å²) in [5.41, 5.74) is 7.74. The quantitative estimate of drug-likeness (QED) is 0.863. The molecule has 2 N–H and O–H groups in total. The Balaban J connectivity index is 2.04. The van der Waals surface area contributed by atoms with E-state index in [1.807, 2.05) is 0 Å². The minimum Gasteiger partial charge on any atom is -0.496 e. The Hall–Kier alpha value is -2.02. The third-order valence-electron chi connectivity index (χ3n) is 3.30. The van der Waals surface area contributed by atoms with E-state index in [1.54, 1.807) is 25.3 Å². The Morgan fingerprint density at radius 1 is 1.40 bits per heavy atom. The maximum atomic E-state index is 12.1. The molecule has 0 amide bonds. The van der Waals surface area contributed by atoms with Crippen LogP contribution in [0.3, 0.4) is 0 Å². The van der Waals surface area contributed by atoms with Gasteiger partial charge in [0, 0.05) is 16.8 Å². The number of methoxy groups -OCH3 is 1. The largest absolute Gasteiger partial charge is 0.496 e. The van der Waals surface area contributed by atoms with Gasteiger partial charge in [0.05, 0.1) is 24.8 Å². The number of hydrogen-bond acceptors (Lipinski definition) is 5. The van der Waals surface area contributed by atoms with Crippen molar-refractivity contribution >= 4 is 15.7 Å². The van der Waals surface area contributed by atoms with Gasteiger partial charge in [-0.05, 0) is 31.0 Å². The Morgan fingerprint density at radius 2 is 2.15 bits per heavy atom. The van der Waals surface area contributed by atoms with Crippen molar-refractivity contribution in [1.29, 1.82) is 0 Å². The summed E-state index contributed by atoms with van der Waals surface area (Å²) in [6, 6.07) is 5.22. The van der Waals surface area contributed by atoms with Crippen molar-refractivity contribution in [2.45, 2.75) is 18.1 Å². The molecule has 7 heteroatoms. The van der Waals surface area contributed by atoms with Gasteiger partial charge in [-0.2, -0.15) is 9.19 Å². The third-order valence-corrected chi connectivity index (χ3v) is 5.34. The van der Waals surface area contributed by atoms with Gasteiger partial charge in [-0.3, -0.25) is 0 Å². The van der Waals surface area contributed by atoms with Crippen molar-refractivity contribution in [2.24, 2.45) is 0 Å². The molecule has 1 fully saturated rings. The van der Waals surface area contributed by atoms with Crippen LogP contribution in [0.25, 0.3) is 11.1 Å². The highest BCUT2D eigenvalue weighted by molar-refractivity contribution is 7.90. The molecule has 0 radical (unpaired) electrons. The van der Waals surface area contributed by atoms with E-state index in [9.17, 15) is 8.42 Å². The van der Waals surface area contributed by atoms with Crippen molar-refractivity contribution in [1.82, 2.24) is 9.19 Å². The van der Waals surface area contributed by atoms with Crippen LogP contribution >= 0.6 is 0 Å². The van der Waals surface area contributed by atoms with Crippen molar-refractivity contribution in [2.75, 3.05) is 12.8 Å². The molecule has 0 saturated heterocycles. The molecule has 20 heavy (non-hydrogen) atoms. The molecule has 2 aromatic rings. The van der Waals surface area contributed by atoms with E-state index in [-0.39, 0.29) is 5.25 Å². The van der Waals surface area contributed by atoms with Crippen molar-refractivity contribution in [3.8, 4) is 16.9 Å². The molecule has 6 nitrogen and oxygen atoms in total. The molecule has 0 atom stereocenters. The molecular weight excluding hydrogens is 278 g/mol. The first-order valence-corrected chi connectivity index (χ1v) is 7.75. The summed E-state index contributed by atoms with van der Waals surface area (Å²) in [6.07, 6.45) is 4.43. The van der Waals surface area contributed by atoms with Crippen LogP contribution in [-0.2, 0) is 10.0 Å². The van der Waals surface area contributed by atoms with E-state index >= 15 is 0 Å². The molecular formula is C13H15N3O3S. The SMILES string of the molecule is COc1ccc(N)cc1-c1cnn(S(=O)(=O)C2CC2)c1. The highest BCUT2D eigenvalue weighted by atomic mass is 32.2. The van der Waals surface area contributed by atoms with E-state index in [0.29, 0.717) is 29.8 Å². The number of aromatic nitrogens is 2. The molecule has 1 saturated carbocycles. The number of hydrogen-bond donors (Lipinski definition) is 1. The van der Waals surface area contributed by atoms with Gasteiger partial charge >= 0.3 is 0 Å². The number of anilines is 1. The Labute approximate surface area is 117 Å². The molecule has 1 heterocycles. The standard InChI is InChI=1S/C13H15N3O3S/c1-19-13-5-2-10(14)6-12(13)9-7-15-16(8-9)20(17,18)11-3-4-11/h2,5-8,11H,3-4,14H2,1H3. The maximum Gasteiger partial charge on any atom is 0.256 e. The topological polar surface area (TPSA) is 87.2 Å². The first kappa shape index (κ1) is 13.0. The van der Waals surface area contributed by atoms with E-state index in [0.717, 1.165) is 9.65 Å². The summed E-state index contributed by atoms with van der Waals surface area (Å²) in [7, 11) is -1.79. The van der Waals surface area contributed by atoms with Gasteiger partial charge in [0.25, 0.3) is 10.0 Å². The van der Waals surface area contributed by atoms with Gasteiger partial charge < -0.3 is 10.5 Å². The zero-order valence-corrected chi connectivity index (χ0v) is 11.8. The van der Waals surface area contributed by atoms with Crippen LogP contribution in [0, 0.1) is 0 Å². The van der Waals surface area contributed by atoms with Crippen LogP contribution in [0.1, 0.15) is 12.8 Å². The number of nitrogen functional groups attached to an aromatic ring is 1. The zero-order valence-electron chi connectivity index (χ0n) is 11.0. The Kier molecular flexibility index (Phi) is 2.93. The van der Waals surface area contributed by atoms with Crippen LogP contribution in [0.15, 0.2) is 30.6 Å². The molecule has 106 valence electrons. The van der Waals surface area contributed by atoms with Gasteiger partial charge in [0.1, 0.15) is 5.75 Å². The summed E-state index contributed by atoms with van der Waals surface area (Å²) in [4.78, 5) is 0. The Bertz CT molecular complexity index is 748. The molecule has 0 spiro atoms. The van der Waals surface area contributed by atoms with Gasteiger partial charge in [-0.1, -0.05) is 0 Å². The lowest BCUT2D eigenvalue weighted by molar-refractivity contribution is 0.416. The average Bonchev–Trinajstić information content (AvgIpc) is 3.17. The predicted octanol–water partition coefficient (Wildman–Crippen LogP) is 1.48. The summed E-state index contributed by atoms with van der Waals surface area (Å²) in [6.45, 7) is 0. The molecule has 1 aromatic carbocycles. The first-order chi connectivity index (χ1) is 9.52. The number of rotatable bonds is 4. The fraction of sp³-hybridized carbons (Fsp3) is 0.308. The van der Waals surface area contributed by atoms with Crippen LogP contribution < -0.4 is 10.5 Å². The fourth-order valence-corrected chi connectivity index (χ4v) is 3.53. The van der Waals surface area contributed by atoms with E-state index in [1.165, 1.54) is 12.4 Å². The molecule has 0 unspecified atom stereocenters. The molecule has 1 aliphatic carbocycles. The highest BCUT2D eigenvalue weighted by Gasteiger charge is 2.37. The Morgan fingerprint density at radius 3 is 2.80 bits per heavy atom. The van der Waals surface area contributed by atoms with Crippen molar-refractivity contribution in [3.63, 3.8) is 0 Å². The molecule has 0 bridgehead atoms. The number of benzene rings is 1. The normalized spacial score (nSPS) is 15.2. The van der Waals surface area contributed by atoms with Gasteiger partial charge in [-0.15, -0.1) is 0 Å². The lowest BCUT2D eigenvalue weighted by Crippen LogP contribution is -2.17. The third kappa shape index (κ3) is 2.14. The molecule has 1 aromatic heterocycles. The second kappa shape index (κ2) is 4.52. The summed E-state index contributed by atoms with van der Waals surface area (Å²) in [5, 5.41) is 3.67. The molecule has 0 aliphatic heterocycles. The van der Waals surface area contributed by atoms with Crippen LogP contribution in [-0.4, -0.2) is 30.0 Å². The van der Waals surface area contributed by atoms with E-state index in [4.69, 9.17) is 10.5 Å². The monoisotopic (exact) mass is 293 g/mol. The van der Waals surface area contributed by atoms with Gasteiger partial charge in [-0.25, -0.2) is 8.42 Å². The maximum absolute atomic E-state index is 12.1. The summed E-state index contributed by atoms with van der Waals surface area (Å²) >= 11 is 0. The van der Waals surface area contributed by atoms with Crippen molar-refractivity contribution in [3.05, 3.63) is 30.6 Å². The van der Waals surface area contributed by atoms with Gasteiger partial charge in [0.15, 0.2) is 0 Å². The first-order valence-electron chi connectivity index (χ1n) is 6.25. The van der Waals surface area contributed by atoms with E-state index < -0.39 is 10.0 Å². The van der Waals surface area contributed by atoms with Crippen molar-refractivity contribution < 1.29 is 13.2 Å². The number of nitrogens with zero attached hydrogens (tertiary/aromatic N) is 2. The minimum absolute atomic E-state index is 0.294. The number of ether oxygens (including phenoxy) is 1. The fourth-order valence-electron chi connectivity index (χ4n) is 2.05. The predicted molar refractivity (Wildman–Crippen MR) is 76.0 cm³/mol. The second-order valence-corrected chi connectivity index (χ2v) is 6.88. The molecule has 1 aliphatic rings. The van der Waals surface area contributed by atoms with Crippen LogP contribution in [0.5, 0.6) is 5.75 Å². The lowest BCUT2D eigenvalue weighted by Gasteiger charge is -2.07.